The van der Waals surface area contributed by atoms with Crippen molar-refractivity contribution in [3.05, 3.63) is 35.5 Å². The summed E-state index contributed by atoms with van der Waals surface area (Å²) in [6.07, 6.45) is 0.769. The molecule has 0 unspecified atom stereocenters. The fraction of sp³-hybridized carbons (Fsp3) is 0.444. The van der Waals surface area contributed by atoms with Crippen molar-refractivity contribution in [2.45, 2.75) is 52.1 Å². The Labute approximate surface area is 126 Å². The minimum atomic E-state index is -0.447. The van der Waals surface area contributed by atoms with Crippen LogP contribution in [0.1, 0.15) is 45.9 Å². The molecule has 0 saturated heterocycles. The van der Waals surface area contributed by atoms with Crippen LogP contribution in [0.25, 0.3) is 10.9 Å². The number of rotatable bonds is 0. The molecule has 3 rings (SSSR count). The lowest BCUT2D eigenvalue weighted by Crippen LogP contribution is -2.56. The maximum Gasteiger partial charge on any atom is 0.0682 e. The lowest BCUT2D eigenvalue weighted by molar-refractivity contribution is -0.233. The number of hydroxylamine groups is 2. The molecule has 0 amide bonds. The second-order valence-corrected chi connectivity index (χ2v) is 6.90. The molecule has 1 N–H and O–H groups in total. The van der Waals surface area contributed by atoms with Gasteiger partial charge in [-0.25, -0.2) is 0 Å². The minimum Gasteiger partial charge on any atom is -0.313 e. The Hall–Kier alpha value is -1.76. The van der Waals surface area contributed by atoms with Gasteiger partial charge in [-0.15, -0.1) is 0 Å². The van der Waals surface area contributed by atoms with E-state index in [0.29, 0.717) is 0 Å². The molecule has 0 spiro atoms. The Bertz CT molecular complexity index is 772. The molecule has 1 aromatic heterocycles. The first kappa shape index (κ1) is 14.2. The summed E-state index contributed by atoms with van der Waals surface area (Å²) in [7, 11) is 0. The van der Waals surface area contributed by atoms with E-state index in [0.717, 1.165) is 11.9 Å². The topological polar surface area (TPSA) is 28.4 Å². The molecular weight excluding hydrogens is 260 g/mol. The first-order valence-electron chi connectivity index (χ1n) is 7.35. The SMILES string of the molecule is CC#Cn1c2c(c3ccccc31)C(C)(C)N(O)C(C)(C)C2. The lowest BCUT2D eigenvalue weighted by Gasteiger charge is -2.48. The zero-order valence-corrected chi connectivity index (χ0v) is 13.4. The van der Waals surface area contributed by atoms with Gasteiger partial charge in [0.25, 0.3) is 0 Å². The summed E-state index contributed by atoms with van der Waals surface area (Å²) in [5.41, 5.74) is 2.75. The zero-order valence-electron chi connectivity index (χ0n) is 13.4. The van der Waals surface area contributed by atoms with Gasteiger partial charge in [0.05, 0.1) is 11.1 Å². The summed E-state index contributed by atoms with van der Waals surface area (Å²) < 4.78 is 2.10. The van der Waals surface area contributed by atoms with Gasteiger partial charge in [-0.2, -0.15) is 5.06 Å². The highest BCUT2D eigenvalue weighted by Gasteiger charge is 2.47. The van der Waals surface area contributed by atoms with Crippen LogP contribution in [0, 0.1) is 12.0 Å². The molecule has 0 atom stereocenters. The van der Waals surface area contributed by atoms with Gasteiger partial charge in [0.2, 0.25) is 0 Å². The molecule has 3 nitrogen and oxygen atoms in total. The minimum absolute atomic E-state index is 0.321. The van der Waals surface area contributed by atoms with E-state index in [1.165, 1.54) is 21.7 Å². The third-order valence-electron chi connectivity index (χ3n) is 4.51. The molecule has 2 aromatic rings. The maximum absolute atomic E-state index is 10.7. The summed E-state index contributed by atoms with van der Waals surface area (Å²) in [5, 5.41) is 13.4. The molecule has 21 heavy (non-hydrogen) atoms. The standard InChI is InChI=1S/C18H22N2O/c1-6-11-19-14-10-8-7-9-13(14)16-15(19)12-17(2,3)20(21)18(16,4)5/h7-10,21H,12H2,1-5H3. The normalized spacial score (nSPS) is 19.9. The van der Waals surface area contributed by atoms with E-state index < -0.39 is 5.54 Å². The first-order chi connectivity index (χ1) is 9.80. The molecule has 0 radical (unpaired) electrons. The number of benzene rings is 1. The molecule has 0 fully saturated rings. The van der Waals surface area contributed by atoms with Crippen LogP contribution in [0.2, 0.25) is 0 Å². The van der Waals surface area contributed by atoms with E-state index in [2.05, 4.69) is 56.4 Å². The molecular formula is C18H22N2O. The largest absolute Gasteiger partial charge is 0.313 e. The van der Waals surface area contributed by atoms with Crippen LogP contribution >= 0.6 is 0 Å². The van der Waals surface area contributed by atoms with E-state index in [1.54, 1.807) is 0 Å². The lowest BCUT2D eigenvalue weighted by atomic mass is 9.79. The van der Waals surface area contributed by atoms with Crippen LogP contribution in [-0.4, -0.2) is 20.4 Å². The third-order valence-corrected chi connectivity index (χ3v) is 4.51. The number of hydrogen-bond donors (Lipinski definition) is 1. The van der Waals surface area contributed by atoms with Crippen LogP contribution in [0.5, 0.6) is 0 Å². The van der Waals surface area contributed by atoms with E-state index in [9.17, 15) is 5.21 Å². The highest BCUT2D eigenvalue weighted by Crippen LogP contribution is 2.45. The first-order valence-corrected chi connectivity index (χ1v) is 7.35. The Balaban J connectivity index is 2.45. The van der Waals surface area contributed by atoms with Gasteiger partial charge < -0.3 is 5.21 Å². The van der Waals surface area contributed by atoms with Crippen LogP contribution in [0.3, 0.4) is 0 Å². The molecule has 0 saturated carbocycles. The molecule has 1 aliphatic rings. The average Bonchev–Trinajstić information content (AvgIpc) is 2.72. The van der Waals surface area contributed by atoms with Gasteiger partial charge in [0.15, 0.2) is 0 Å². The third kappa shape index (κ3) is 1.83. The summed E-state index contributed by atoms with van der Waals surface area (Å²) in [4.78, 5) is 0. The van der Waals surface area contributed by atoms with E-state index in [-0.39, 0.29) is 5.54 Å². The second-order valence-electron chi connectivity index (χ2n) is 6.90. The van der Waals surface area contributed by atoms with Crippen molar-refractivity contribution in [1.29, 1.82) is 0 Å². The zero-order chi connectivity index (χ0) is 15.4. The van der Waals surface area contributed by atoms with Crippen molar-refractivity contribution < 1.29 is 5.21 Å². The Morgan fingerprint density at radius 1 is 1.14 bits per heavy atom. The van der Waals surface area contributed by atoms with Crippen molar-refractivity contribution in [3.63, 3.8) is 0 Å². The molecule has 1 aromatic carbocycles. The fourth-order valence-corrected chi connectivity index (χ4v) is 3.73. The fourth-order valence-electron chi connectivity index (χ4n) is 3.73. The van der Waals surface area contributed by atoms with E-state index in [4.69, 9.17) is 0 Å². The van der Waals surface area contributed by atoms with Crippen molar-refractivity contribution in [3.8, 4) is 12.0 Å². The summed E-state index contributed by atoms with van der Waals surface area (Å²) in [6, 6.07) is 11.5. The van der Waals surface area contributed by atoms with Crippen molar-refractivity contribution >= 4 is 10.9 Å². The number of hydrogen-bond acceptors (Lipinski definition) is 2. The van der Waals surface area contributed by atoms with Gasteiger partial charge >= 0.3 is 0 Å². The predicted molar refractivity (Wildman–Crippen MR) is 85.2 cm³/mol. The quantitative estimate of drug-likeness (QED) is 0.746. The van der Waals surface area contributed by atoms with Crippen molar-refractivity contribution in [2.75, 3.05) is 0 Å². The van der Waals surface area contributed by atoms with Gasteiger partial charge in [-0.3, -0.25) is 4.57 Å². The number of nitrogens with zero attached hydrogens (tertiary/aromatic N) is 2. The molecule has 1 aliphatic heterocycles. The van der Waals surface area contributed by atoms with Gasteiger partial charge in [-0.1, -0.05) is 24.1 Å². The molecule has 110 valence electrons. The van der Waals surface area contributed by atoms with Crippen molar-refractivity contribution in [2.24, 2.45) is 0 Å². The number of fused-ring (bicyclic) bond motifs is 3. The molecule has 3 heteroatoms. The summed E-state index contributed by atoms with van der Waals surface area (Å²) in [5.74, 6) is 3.02. The number of para-hydroxylation sites is 1. The van der Waals surface area contributed by atoms with Crippen LogP contribution in [0.4, 0.5) is 0 Å². The highest BCUT2D eigenvalue weighted by atomic mass is 16.5. The van der Waals surface area contributed by atoms with Crippen molar-refractivity contribution in [1.82, 2.24) is 9.63 Å². The summed E-state index contributed by atoms with van der Waals surface area (Å²) >= 11 is 0. The smallest absolute Gasteiger partial charge is 0.0682 e. The molecule has 0 bridgehead atoms. The highest BCUT2D eigenvalue weighted by molar-refractivity contribution is 5.88. The van der Waals surface area contributed by atoms with Gasteiger partial charge in [0.1, 0.15) is 0 Å². The summed E-state index contributed by atoms with van der Waals surface area (Å²) in [6.45, 7) is 10.1. The molecule has 0 aliphatic carbocycles. The Kier molecular flexibility index (Phi) is 2.95. The Morgan fingerprint density at radius 2 is 1.81 bits per heavy atom. The van der Waals surface area contributed by atoms with Gasteiger partial charge in [-0.05, 0) is 40.7 Å². The predicted octanol–water partition coefficient (Wildman–Crippen LogP) is 3.73. The van der Waals surface area contributed by atoms with Crippen LogP contribution in [0.15, 0.2) is 24.3 Å². The second kappa shape index (κ2) is 4.37. The van der Waals surface area contributed by atoms with Crippen LogP contribution in [-0.2, 0) is 12.0 Å². The monoisotopic (exact) mass is 282 g/mol. The maximum atomic E-state index is 10.7. The Morgan fingerprint density at radius 3 is 2.48 bits per heavy atom. The van der Waals surface area contributed by atoms with E-state index >= 15 is 0 Å². The van der Waals surface area contributed by atoms with Crippen LogP contribution < -0.4 is 0 Å². The van der Waals surface area contributed by atoms with E-state index in [1.807, 2.05) is 19.1 Å². The van der Waals surface area contributed by atoms with Gasteiger partial charge in [0, 0.05) is 34.6 Å². The molecule has 2 heterocycles. The number of aromatic nitrogens is 1. The average molecular weight is 282 g/mol.